The van der Waals surface area contributed by atoms with Crippen molar-refractivity contribution in [2.75, 3.05) is 18.4 Å². The summed E-state index contributed by atoms with van der Waals surface area (Å²) in [7, 11) is -3.90. The number of aliphatic carboxylic acids is 1. The zero-order valence-electron chi connectivity index (χ0n) is 17.1. The van der Waals surface area contributed by atoms with E-state index in [4.69, 9.17) is 0 Å². The molecule has 0 spiro atoms. The van der Waals surface area contributed by atoms with Gasteiger partial charge in [0, 0.05) is 12.2 Å². The Balaban J connectivity index is 1.62. The Morgan fingerprint density at radius 2 is 1.66 bits per heavy atom. The van der Waals surface area contributed by atoms with E-state index in [0.717, 1.165) is 4.31 Å². The summed E-state index contributed by atoms with van der Waals surface area (Å²) in [5, 5.41) is 16.7. The average molecular weight is 461 g/mol. The van der Waals surface area contributed by atoms with Crippen molar-refractivity contribution in [2.45, 2.75) is 29.8 Å². The van der Waals surface area contributed by atoms with E-state index in [1.807, 2.05) is 0 Å². The molecule has 1 fully saturated rings. The van der Waals surface area contributed by atoms with Crippen molar-refractivity contribution in [3.8, 4) is 0 Å². The van der Waals surface area contributed by atoms with Gasteiger partial charge in [0.2, 0.25) is 15.9 Å². The number of urea groups is 1. The summed E-state index contributed by atoms with van der Waals surface area (Å²) in [6.45, 7) is -0.220. The number of carbonyl (C=O) groups is 3. The van der Waals surface area contributed by atoms with Gasteiger partial charge in [0.15, 0.2) is 0 Å². The maximum absolute atomic E-state index is 12.9. The molecule has 0 bridgehead atoms. The van der Waals surface area contributed by atoms with Crippen molar-refractivity contribution in [2.24, 2.45) is 0 Å². The number of anilines is 1. The second-order valence-corrected chi connectivity index (χ2v) is 9.08. The summed E-state index contributed by atoms with van der Waals surface area (Å²) in [4.78, 5) is 36.4. The van der Waals surface area contributed by atoms with Gasteiger partial charge in [-0.15, -0.1) is 0 Å². The van der Waals surface area contributed by atoms with Gasteiger partial charge in [-0.25, -0.2) is 18.0 Å². The molecule has 4 N–H and O–H groups in total. The van der Waals surface area contributed by atoms with E-state index in [1.165, 1.54) is 12.1 Å². The number of amides is 3. The van der Waals surface area contributed by atoms with Crippen molar-refractivity contribution < 1.29 is 27.9 Å². The summed E-state index contributed by atoms with van der Waals surface area (Å²) in [5.74, 6) is -2.08. The maximum Gasteiger partial charge on any atom is 0.328 e. The molecule has 1 unspecified atom stereocenters. The lowest BCUT2D eigenvalue weighted by molar-refractivity contribution is -0.142. The molecule has 3 amide bonds. The zero-order valence-corrected chi connectivity index (χ0v) is 17.9. The van der Waals surface area contributed by atoms with Crippen LogP contribution in [0.3, 0.4) is 0 Å². The van der Waals surface area contributed by atoms with E-state index in [1.54, 1.807) is 48.5 Å². The van der Waals surface area contributed by atoms with Gasteiger partial charge in [-0.05, 0) is 37.1 Å². The Kier molecular flexibility index (Phi) is 7.44. The molecule has 10 nitrogen and oxygen atoms in total. The molecule has 0 aromatic heterocycles. The van der Waals surface area contributed by atoms with Gasteiger partial charge in [-0.1, -0.05) is 36.4 Å². The molecule has 32 heavy (non-hydrogen) atoms. The van der Waals surface area contributed by atoms with Crippen molar-refractivity contribution >= 4 is 33.6 Å². The molecular formula is C21H24N4O6S. The smallest absolute Gasteiger partial charge is 0.328 e. The molecule has 2 atom stereocenters. The SMILES string of the molecule is O=C(NC[C@H](NC(=O)C1CCCN1S(=O)(=O)c1ccccc1)C(=O)O)Nc1ccccc1. The van der Waals surface area contributed by atoms with Crippen LogP contribution in [0.15, 0.2) is 65.6 Å². The van der Waals surface area contributed by atoms with Gasteiger partial charge in [-0.3, -0.25) is 4.79 Å². The van der Waals surface area contributed by atoms with Crippen LogP contribution in [0, 0.1) is 0 Å². The second-order valence-electron chi connectivity index (χ2n) is 7.19. The highest BCUT2D eigenvalue weighted by Gasteiger charge is 2.40. The molecule has 0 saturated carbocycles. The minimum absolute atomic E-state index is 0.0636. The van der Waals surface area contributed by atoms with E-state index in [-0.39, 0.29) is 24.4 Å². The van der Waals surface area contributed by atoms with E-state index in [9.17, 15) is 27.9 Å². The molecular weight excluding hydrogens is 436 g/mol. The molecule has 1 saturated heterocycles. The third-order valence-corrected chi connectivity index (χ3v) is 6.89. The van der Waals surface area contributed by atoms with Crippen LogP contribution in [0.25, 0.3) is 0 Å². The van der Waals surface area contributed by atoms with Gasteiger partial charge in [0.05, 0.1) is 11.4 Å². The van der Waals surface area contributed by atoms with Crippen LogP contribution in [0.4, 0.5) is 10.5 Å². The fourth-order valence-corrected chi connectivity index (χ4v) is 5.05. The minimum Gasteiger partial charge on any atom is -0.480 e. The topological polar surface area (TPSA) is 145 Å². The minimum atomic E-state index is -3.90. The molecule has 0 aliphatic carbocycles. The van der Waals surface area contributed by atoms with Crippen molar-refractivity contribution in [1.29, 1.82) is 0 Å². The number of nitrogens with one attached hydrogen (secondary N) is 3. The Morgan fingerprint density at radius 3 is 2.28 bits per heavy atom. The van der Waals surface area contributed by atoms with E-state index in [0.29, 0.717) is 12.1 Å². The van der Waals surface area contributed by atoms with E-state index >= 15 is 0 Å². The predicted molar refractivity (Wildman–Crippen MR) is 116 cm³/mol. The number of carboxylic acids is 1. The summed E-state index contributed by atoms with van der Waals surface area (Å²) in [6, 6.07) is 13.2. The number of sulfonamides is 1. The lowest BCUT2D eigenvalue weighted by Gasteiger charge is -2.25. The Labute approximate surface area is 185 Å². The molecule has 170 valence electrons. The highest BCUT2D eigenvalue weighted by Crippen LogP contribution is 2.26. The number of nitrogens with zero attached hydrogens (tertiary/aromatic N) is 1. The fraction of sp³-hybridized carbons (Fsp3) is 0.286. The summed E-state index contributed by atoms with van der Waals surface area (Å²) in [5.41, 5.74) is 0.522. The fourth-order valence-electron chi connectivity index (χ4n) is 3.38. The quantitative estimate of drug-likeness (QED) is 0.466. The van der Waals surface area contributed by atoms with E-state index < -0.39 is 40.0 Å². The van der Waals surface area contributed by atoms with Gasteiger partial charge in [-0.2, -0.15) is 4.31 Å². The number of rotatable bonds is 8. The largest absolute Gasteiger partial charge is 0.480 e. The van der Waals surface area contributed by atoms with Crippen molar-refractivity contribution in [1.82, 2.24) is 14.9 Å². The molecule has 1 heterocycles. The van der Waals surface area contributed by atoms with Crippen LogP contribution in [-0.2, 0) is 19.6 Å². The van der Waals surface area contributed by atoms with Crippen molar-refractivity contribution in [3.05, 3.63) is 60.7 Å². The Hall–Kier alpha value is -3.44. The number of carbonyl (C=O) groups excluding carboxylic acids is 2. The van der Waals surface area contributed by atoms with Gasteiger partial charge < -0.3 is 21.1 Å². The third kappa shape index (κ3) is 5.62. The van der Waals surface area contributed by atoms with Crippen molar-refractivity contribution in [3.63, 3.8) is 0 Å². The highest BCUT2D eigenvalue weighted by atomic mass is 32.2. The number of benzene rings is 2. The molecule has 2 aromatic carbocycles. The summed E-state index contributed by atoms with van der Waals surface area (Å²) < 4.78 is 26.9. The first kappa shape index (κ1) is 23.2. The standard InChI is InChI=1S/C21H24N4O6S/c26-19(18-12-7-13-25(18)32(30,31)16-10-5-2-6-11-16)24-17(20(27)28)14-22-21(29)23-15-8-3-1-4-9-15/h1-6,8-11,17-18H,7,12-14H2,(H,24,26)(H,27,28)(H2,22,23,29)/t17-,18?/m0/s1. The first-order chi connectivity index (χ1) is 15.3. The lowest BCUT2D eigenvalue weighted by Crippen LogP contribution is -2.54. The van der Waals surface area contributed by atoms with E-state index in [2.05, 4.69) is 16.0 Å². The lowest BCUT2D eigenvalue weighted by atomic mass is 10.2. The molecule has 1 aliphatic heterocycles. The molecule has 11 heteroatoms. The van der Waals surface area contributed by atoms with Gasteiger partial charge in [0.1, 0.15) is 12.1 Å². The van der Waals surface area contributed by atoms with Gasteiger partial charge in [0.25, 0.3) is 0 Å². The molecule has 0 radical (unpaired) electrons. The normalized spacial score (nSPS) is 17.3. The number of carboxylic acid groups (broad SMARTS) is 1. The van der Waals surface area contributed by atoms with Crippen LogP contribution in [0.1, 0.15) is 12.8 Å². The maximum atomic E-state index is 12.9. The zero-order chi connectivity index (χ0) is 23.1. The predicted octanol–water partition coefficient (Wildman–Crippen LogP) is 1.23. The second kappa shape index (κ2) is 10.2. The van der Waals surface area contributed by atoms with Crippen LogP contribution >= 0.6 is 0 Å². The average Bonchev–Trinajstić information content (AvgIpc) is 3.29. The molecule has 3 rings (SSSR count). The Bertz CT molecular complexity index is 1060. The highest BCUT2D eigenvalue weighted by molar-refractivity contribution is 7.89. The molecule has 1 aliphatic rings. The molecule has 2 aromatic rings. The first-order valence-corrected chi connectivity index (χ1v) is 11.4. The summed E-state index contributed by atoms with van der Waals surface area (Å²) in [6.07, 6.45) is 0.742. The van der Waals surface area contributed by atoms with Crippen LogP contribution in [0.5, 0.6) is 0 Å². The monoisotopic (exact) mass is 460 g/mol. The van der Waals surface area contributed by atoms with Crippen LogP contribution < -0.4 is 16.0 Å². The third-order valence-electron chi connectivity index (χ3n) is 4.97. The summed E-state index contributed by atoms with van der Waals surface area (Å²) >= 11 is 0. The first-order valence-electron chi connectivity index (χ1n) is 9.99. The number of hydrogen-bond donors (Lipinski definition) is 4. The van der Waals surface area contributed by atoms with Crippen LogP contribution in [-0.4, -0.2) is 60.9 Å². The van der Waals surface area contributed by atoms with Crippen LogP contribution in [0.2, 0.25) is 0 Å². The Morgan fingerprint density at radius 1 is 1.03 bits per heavy atom. The van der Waals surface area contributed by atoms with Gasteiger partial charge >= 0.3 is 12.0 Å². The number of para-hydroxylation sites is 1. The number of hydrogen-bond acceptors (Lipinski definition) is 5.